The van der Waals surface area contributed by atoms with Gasteiger partial charge in [0.25, 0.3) is 0 Å². The van der Waals surface area contributed by atoms with Crippen LogP contribution in [-0.2, 0) is 6.54 Å². The maximum absolute atomic E-state index is 5.42. The van der Waals surface area contributed by atoms with E-state index in [4.69, 9.17) is 4.42 Å². The molecule has 0 bridgehead atoms. The van der Waals surface area contributed by atoms with Gasteiger partial charge in [-0.05, 0) is 43.0 Å². The molecule has 2 heterocycles. The molecule has 1 fully saturated rings. The van der Waals surface area contributed by atoms with Crippen molar-refractivity contribution in [2.75, 3.05) is 5.32 Å². The first-order chi connectivity index (χ1) is 9.92. The van der Waals surface area contributed by atoms with Gasteiger partial charge in [-0.3, -0.25) is 0 Å². The predicted molar refractivity (Wildman–Crippen MR) is 82.3 cm³/mol. The van der Waals surface area contributed by atoms with Crippen LogP contribution >= 0.6 is 0 Å². The fourth-order valence-electron chi connectivity index (χ4n) is 3.29. The van der Waals surface area contributed by atoms with Crippen molar-refractivity contribution < 1.29 is 5.84 Å². The third-order valence-electron chi connectivity index (χ3n) is 4.23. The third-order valence-corrected chi connectivity index (χ3v) is 4.23. The molecule has 0 radical (unpaired) electrons. The Bertz CT molecular complexity index is 649. The first-order valence-corrected chi connectivity index (χ1v) is 7.27. The normalized spacial score (nSPS) is 20.3. The highest BCUT2D eigenvalue weighted by atomic mass is 16.3. The molecule has 1 aromatic heterocycles. The first kappa shape index (κ1) is 11.6. The third kappa shape index (κ3) is 1.90. The van der Waals surface area contributed by atoms with E-state index in [2.05, 4.69) is 34.9 Å². The van der Waals surface area contributed by atoms with Crippen LogP contribution in [0.15, 0.2) is 52.7 Å². The number of para-hydroxylation sites is 1. The van der Waals surface area contributed by atoms with Crippen molar-refractivity contribution >= 4 is 11.4 Å². The van der Waals surface area contributed by atoms with E-state index in [1.54, 1.807) is 6.26 Å². The lowest BCUT2D eigenvalue weighted by molar-refractivity contribution is 0.501. The second kappa shape index (κ2) is 4.75. The zero-order chi connectivity index (χ0) is 13.4. The summed E-state index contributed by atoms with van der Waals surface area (Å²) in [6.07, 6.45) is 5.42. The average molecular weight is 268 g/mol. The number of fused-ring (bicyclic) bond motifs is 2. The Kier molecular flexibility index (Phi) is 2.76. The van der Waals surface area contributed by atoms with E-state index in [1.807, 2.05) is 12.1 Å². The van der Waals surface area contributed by atoms with Gasteiger partial charge >= 0.3 is 0 Å². The second-order valence-corrected chi connectivity index (χ2v) is 5.47. The van der Waals surface area contributed by atoms with Gasteiger partial charge in [-0.25, -0.2) is 0 Å². The zero-order valence-corrected chi connectivity index (χ0v) is 11.4. The van der Waals surface area contributed by atoms with Gasteiger partial charge in [-0.2, -0.15) is 0 Å². The molecule has 1 aromatic carbocycles. The van der Waals surface area contributed by atoms with Crippen LogP contribution in [0.25, 0.3) is 5.70 Å². The molecular formula is C17H20N2O. The van der Waals surface area contributed by atoms with Crippen LogP contribution in [0.4, 0.5) is 5.69 Å². The van der Waals surface area contributed by atoms with Crippen molar-refractivity contribution in [3.8, 4) is 0 Å². The van der Waals surface area contributed by atoms with Crippen molar-refractivity contribution in [3.63, 3.8) is 0 Å². The zero-order valence-electron chi connectivity index (χ0n) is 11.4. The summed E-state index contributed by atoms with van der Waals surface area (Å²) in [6.45, 7) is 0.743. The molecule has 1 atom stereocenters. The van der Waals surface area contributed by atoms with Crippen molar-refractivity contribution in [3.05, 3.63) is 59.6 Å². The van der Waals surface area contributed by atoms with Gasteiger partial charge in [0.1, 0.15) is 5.76 Å². The number of hydrogen-bond acceptors (Lipinski definition) is 3. The maximum Gasteiger partial charge on any atom is 0.122 e. The molecular weight excluding hydrogens is 248 g/mol. The molecule has 2 aromatic rings. The average Bonchev–Trinajstić information content (AvgIpc) is 3.14. The molecule has 1 saturated carbocycles. The largest absolute Gasteiger partial charge is 0.467 e. The summed E-state index contributed by atoms with van der Waals surface area (Å²) < 4.78 is 5.42. The SMILES string of the molecule is [HH].c1coc(CNC2=C3CCCC3Nc3ccccc32)c1. The molecule has 1 aliphatic heterocycles. The molecule has 4 rings (SSSR count). The Balaban J connectivity index is 0.00000132. The quantitative estimate of drug-likeness (QED) is 0.883. The van der Waals surface area contributed by atoms with E-state index in [1.165, 1.54) is 41.8 Å². The number of nitrogens with one attached hydrogen (secondary N) is 2. The lowest BCUT2D eigenvalue weighted by Gasteiger charge is -2.28. The number of anilines is 1. The Hall–Kier alpha value is -2.16. The van der Waals surface area contributed by atoms with E-state index < -0.39 is 0 Å². The monoisotopic (exact) mass is 268 g/mol. The summed E-state index contributed by atoms with van der Waals surface area (Å²) in [4.78, 5) is 0. The molecule has 2 N–H and O–H groups in total. The maximum atomic E-state index is 5.42. The summed E-state index contributed by atoms with van der Waals surface area (Å²) >= 11 is 0. The van der Waals surface area contributed by atoms with E-state index in [-0.39, 0.29) is 1.43 Å². The van der Waals surface area contributed by atoms with Gasteiger partial charge in [0.05, 0.1) is 12.8 Å². The second-order valence-electron chi connectivity index (χ2n) is 5.47. The Morgan fingerprint density at radius 2 is 2.20 bits per heavy atom. The molecule has 104 valence electrons. The molecule has 2 aliphatic rings. The minimum atomic E-state index is 0. The van der Waals surface area contributed by atoms with Crippen molar-refractivity contribution in [2.24, 2.45) is 0 Å². The molecule has 0 amide bonds. The smallest absolute Gasteiger partial charge is 0.122 e. The lowest BCUT2D eigenvalue weighted by Crippen LogP contribution is -2.27. The molecule has 0 saturated heterocycles. The Labute approximate surface area is 120 Å². The highest BCUT2D eigenvalue weighted by Crippen LogP contribution is 2.39. The molecule has 20 heavy (non-hydrogen) atoms. The van der Waals surface area contributed by atoms with E-state index in [0.717, 1.165) is 12.3 Å². The van der Waals surface area contributed by atoms with Crippen LogP contribution in [0, 0.1) is 0 Å². The summed E-state index contributed by atoms with van der Waals surface area (Å²) in [5, 5.41) is 7.26. The molecule has 1 unspecified atom stereocenters. The van der Waals surface area contributed by atoms with Crippen LogP contribution in [-0.4, -0.2) is 6.04 Å². The summed E-state index contributed by atoms with van der Waals surface area (Å²) in [5.41, 5.74) is 5.35. The van der Waals surface area contributed by atoms with Crippen molar-refractivity contribution in [2.45, 2.75) is 31.8 Å². The van der Waals surface area contributed by atoms with Gasteiger partial charge in [0, 0.05) is 24.4 Å². The highest BCUT2D eigenvalue weighted by molar-refractivity contribution is 5.82. The Morgan fingerprint density at radius 3 is 3.10 bits per heavy atom. The predicted octanol–water partition coefficient (Wildman–Crippen LogP) is 4.00. The minimum absolute atomic E-state index is 0. The van der Waals surface area contributed by atoms with Gasteiger partial charge in [-0.15, -0.1) is 0 Å². The minimum Gasteiger partial charge on any atom is -0.467 e. The van der Waals surface area contributed by atoms with Gasteiger partial charge in [0.15, 0.2) is 0 Å². The van der Waals surface area contributed by atoms with Gasteiger partial charge < -0.3 is 15.1 Å². The van der Waals surface area contributed by atoms with Crippen LogP contribution in [0.1, 0.15) is 32.0 Å². The molecule has 3 heteroatoms. The number of hydrogen-bond donors (Lipinski definition) is 2. The van der Waals surface area contributed by atoms with Crippen LogP contribution in [0.5, 0.6) is 0 Å². The first-order valence-electron chi connectivity index (χ1n) is 7.27. The topological polar surface area (TPSA) is 37.2 Å². The summed E-state index contributed by atoms with van der Waals surface area (Å²) in [5.74, 6) is 0.976. The fraction of sp³-hybridized carbons (Fsp3) is 0.294. The van der Waals surface area contributed by atoms with Crippen LogP contribution in [0.2, 0.25) is 0 Å². The number of benzene rings is 1. The van der Waals surface area contributed by atoms with Gasteiger partial charge in [-0.1, -0.05) is 18.2 Å². The standard InChI is InChI=1S/C17H18N2O.H2/c1-2-8-15-13(6-1)17(14-7-3-9-16(14)19-15)18-11-12-5-4-10-20-12;/h1-2,4-6,8,10,16,18-19H,3,7,9,11H2;1H. The van der Waals surface area contributed by atoms with E-state index in [0.29, 0.717) is 6.04 Å². The molecule has 3 nitrogen and oxygen atoms in total. The lowest BCUT2D eigenvalue weighted by atomic mass is 9.96. The summed E-state index contributed by atoms with van der Waals surface area (Å²) in [7, 11) is 0. The molecule has 0 spiro atoms. The van der Waals surface area contributed by atoms with Gasteiger partial charge in [0.2, 0.25) is 0 Å². The van der Waals surface area contributed by atoms with E-state index in [9.17, 15) is 0 Å². The van der Waals surface area contributed by atoms with Crippen LogP contribution < -0.4 is 10.6 Å². The van der Waals surface area contributed by atoms with Crippen LogP contribution in [0.3, 0.4) is 0 Å². The molecule has 1 aliphatic carbocycles. The fourth-order valence-corrected chi connectivity index (χ4v) is 3.29. The van der Waals surface area contributed by atoms with Crippen molar-refractivity contribution in [1.29, 1.82) is 0 Å². The highest BCUT2D eigenvalue weighted by Gasteiger charge is 2.29. The Morgan fingerprint density at radius 1 is 1.25 bits per heavy atom. The summed E-state index contributed by atoms with van der Waals surface area (Å²) in [6, 6.07) is 13.0. The van der Waals surface area contributed by atoms with Crippen molar-refractivity contribution in [1.82, 2.24) is 5.32 Å². The van der Waals surface area contributed by atoms with E-state index >= 15 is 0 Å². The number of furan rings is 1. The number of rotatable bonds is 3.